The minimum Gasteiger partial charge on any atom is -0.507 e. The molecular weight excluding hydrogens is 314 g/mol. The van der Waals surface area contributed by atoms with E-state index >= 15 is 0 Å². The maximum atomic E-state index is 12.1. The van der Waals surface area contributed by atoms with Crippen molar-refractivity contribution in [2.24, 2.45) is 0 Å². The summed E-state index contributed by atoms with van der Waals surface area (Å²) < 4.78 is 5.04. The molecule has 0 radical (unpaired) electrons. The summed E-state index contributed by atoms with van der Waals surface area (Å²) in [6, 6.07) is 4.08. The van der Waals surface area contributed by atoms with Gasteiger partial charge in [-0.25, -0.2) is 0 Å². The Labute approximate surface area is 153 Å². The second-order valence-electron chi connectivity index (χ2n) is 8.96. The van der Waals surface area contributed by atoms with Gasteiger partial charge in [0, 0.05) is 19.6 Å². The zero-order valence-corrected chi connectivity index (χ0v) is 17.1. The average Bonchev–Trinajstić information content (AvgIpc) is 2.43. The average molecular weight is 350 g/mol. The lowest BCUT2D eigenvalue weighted by molar-refractivity contribution is -0.122. The van der Waals surface area contributed by atoms with Crippen LogP contribution in [0, 0.1) is 0 Å². The van der Waals surface area contributed by atoms with E-state index in [2.05, 4.69) is 46.9 Å². The summed E-state index contributed by atoms with van der Waals surface area (Å²) in [5.41, 5.74) is 2.64. The lowest BCUT2D eigenvalue weighted by Gasteiger charge is -2.28. The Morgan fingerprint density at radius 2 is 1.60 bits per heavy atom. The Morgan fingerprint density at radius 3 is 2.00 bits per heavy atom. The van der Waals surface area contributed by atoms with Crippen LogP contribution in [0.1, 0.15) is 71.6 Å². The van der Waals surface area contributed by atoms with Crippen LogP contribution in [0.5, 0.6) is 5.75 Å². The third kappa shape index (κ3) is 6.35. The number of phenolic OH excluding ortho intramolecular Hbond substituents is 1. The number of methoxy groups -OCH3 is 1. The molecule has 1 aromatic carbocycles. The predicted molar refractivity (Wildman–Crippen MR) is 103 cm³/mol. The van der Waals surface area contributed by atoms with Gasteiger partial charge in [-0.1, -0.05) is 53.7 Å². The maximum Gasteiger partial charge on any atom is 0.220 e. The summed E-state index contributed by atoms with van der Waals surface area (Å²) in [5, 5.41) is 13.7. The number of hydrogen-bond acceptors (Lipinski definition) is 3. The van der Waals surface area contributed by atoms with E-state index in [1.807, 2.05) is 19.1 Å². The Hall–Kier alpha value is -1.55. The number of benzene rings is 1. The second-order valence-corrected chi connectivity index (χ2v) is 8.96. The van der Waals surface area contributed by atoms with Crippen molar-refractivity contribution in [3.05, 3.63) is 28.8 Å². The number of ether oxygens (including phenoxy) is 1. The molecule has 0 aromatic heterocycles. The summed E-state index contributed by atoms with van der Waals surface area (Å²) in [4.78, 5) is 12.1. The summed E-state index contributed by atoms with van der Waals surface area (Å²) in [5.74, 6) is 0.397. The van der Waals surface area contributed by atoms with Crippen LogP contribution < -0.4 is 5.32 Å². The molecule has 0 fully saturated rings. The molecule has 1 rings (SSSR count). The lowest BCUT2D eigenvalue weighted by Crippen LogP contribution is -2.35. The third-order valence-corrected chi connectivity index (χ3v) is 4.25. The van der Waals surface area contributed by atoms with Crippen LogP contribution in [0.3, 0.4) is 0 Å². The van der Waals surface area contributed by atoms with E-state index in [-0.39, 0.29) is 22.8 Å². The van der Waals surface area contributed by atoms with Crippen molar-refractivity contribution in [3.8, 4) is 5.75 Å². The van der Waals surface area contributed by atoms with E-state index in [1.54, 1.807) is 7.11 Å². The van der Waals surface area contributed by atoms with Gasteiger partial charge in [-0.3, -0.25) is 4.79 Å². The predicted octanol–water partition coefficient (Wildman–Crippen LogP) is 4.07. The highest BCUT2D eigenvalue weighted by Gasteiger charge is 2.26. The molecule has 0 aliphatic carbocycles. The number of carbonyl (C=O) groups excluding carboxylic acids is 1. The molecule has 25 heavy (non-hydrogen) atoms. The molecule has 0 heterocycles. The fourth-order valence-electron chi connectivity index (χ4n) is 2.88. The van der Waals surface area contributed by atoms with Gasteiger partial charge in [-0.2, -0.15) is 0 Å². The molecule has 2 N–H and O–H groups in total. The van der Waals surface area contributed by atoms with Gasteiger partial charge in [0.05, 0.1) is 6.61 Å². The van der Waals surface area contributed by atoms with Gasteiger partial charge in [0.1, 0.15) is 5.75 Å². The number of nitrogens with one attached hydrogen (secondary N) is 1. The van der Waals surface area contributed by atoms with E-state index in [1.165, 1.54) is 0 Å². The molecule has 0 bridgehead atoms. The van der Waals surface area contributed by atoms with Crippen molar-refractivity contribution < 1.29 is 14.6 Å². The second kappa shape index (κ2) is 8.22. The van der Waals surface area contributed by atoms with Crippen LogP contribution in [-0.2, 0) is 26.8 Å². The van der Waals surface area contributed by atoms with Crippen molar-refractivity contribution >= 4 is 5.91 Å². The Kier molecular flexibility index (Phi) is 7.07. The van der Waals surface area contributed by atoms with Crippen molar-refractivity contribution in [1.82, 2.24) is 5.32 Å². The molecule has 1 atom stereocenters. The molecular formula is C21H35NO3. The zero-order chi connectivity index (χ0) is 19.4. The van der Waals surface area contributed by atoms with Crippen molar-refractivity contribution in [3.63, 3.8) is 0 Å². The summed E-state index contributed by atoms with van der Waals surface area (Å²) in [6.45, 7) is 15.0. The molecule has 0 aliphatic heterocycles. The van der Waals surface area contributed by atoms with Gasteiger partial charge >= 0.3 is 0 Å². The minimum absolute atomic E-state index is 0.00703. The zero-order valence-electron chi connectivity index (χ0n) is 17.1. The van der Waals surface area contributed by atoms with E-state index < -0.39 is 0 Å². The molecule has 1 aromatic rings. The number of rotatable bonds is 6. The van der Waals surface area contributed by atoms with Gasteiger partial charge in [-0.15, -0.1) is 0 Å². The number of aromatic hydroxyl groups is 1. The monoisotopic (exact) mass is 349 g/mol. The van der Waals surface area contributed by atoms with E-state index in [0.717, 1.165) is 16.7 Å². The van der Waals surface area contributed by atoms with Crippen LogP contribution >= 0.6 is 0 Å². The first-order valence-corrected chi connectivity index (χ1v) is 9.01. The van der Waals surface area contributed by atoms with Gasteiger partial charge in [-0.05, 0) is 40.9 Å². The van der Waals surface area contributed by atoms with Crippen molar-refractivity contribution in [2.75, 3.05) is 13.7 Å². The summed E-state index contributed by atoms with van der Waals surface area (Å²) in [6.07, 6.45) is 1.07. The molecule has 4 nitrogen and oxygen atoms in total. The first-order valence-electron chi connectivity index (χ1n) is 9.01. The molecule has 1 unspecified atom stereocenters. The fourth-order valence-corrected chi connectivity index (χ4v) is 2.88. The molecule has 0 aliphatic rings. The highest BCUT2D eigenvalue weighted by Crippen LogP contribution is 2.39. The minimum atomic E-state index is -0.157. The van der Waals surface area contributed by atoms with Crippen molar-refractivity contribution in [1.29, 1.82) is 0 Å². The van der Waals surface area contributed by atoms with E-state index in [4.69, 9.17) is 4.74 Å². The summed E-state index contributed by atoms with van der Waals surface area (Å²) >= 11 is 0. The molecule has 0 spiro atoms. The van der Waals surface area contributed by atoms with Crippen LogP contribution in [0.25, 0.3) is 0 Å². The third-order valence-electron chi connectivity index (χ3n) is 4.25. The number of amides is 1. The van der Waals surface area contributed by atoms with Gasteiger partial charge < -0.3 is 15.2 Å². The SMILES string of the molecule is COCC(C)NC(=O)CCc1cc(C(C)(C)C)c(O)c(C(C)(C)C)c1. The lowest BCUT2D eigenvalue weighted by atomic mass is 9.78. The molecule has 0 saturated heterocycles. The topological polar surface area (TPSA) is 58.6 Å². The Morgan fingerprint density at radius 1 is 1.12 bits per heavy atom. The van der Waals surface area contributed by atoms with Gasteiger partial charge in [0.2, 0.25) is 5.91 Å². The van der Waals surface area contributed by atoms with Crippen LogP contribution in [0.15, 0.2) is 12.1 Å². The highest BCUT2D eigenvalue weighted by atomic mass is 16.5. The maximum absolute atomic E-state index is 12.1. The van der Waals surface area contributed by atoms with Crippen LogP contribution in [0.4, 0.5) is 0 Å². The summed E-state index contributed by atoms with van der Waals surface area (Å²) in [7, 11) is 1.63. The standard InChI is InChI=1S/C21H35NO3/c1-14(13-25-8)22-18(23)10-9-15-11-16(20(2,3)4)19(24)17(12-15)21(5,6)7/h11-12,14,24H,9-10,13H2,1-8H3,(H,22,23). The molecule has 4 heteroatoms. The number of aryl methyl sites for hydroxylation is 1. The number of carbonyl (C=O) groups is 1. The van der Waals surface area contributed by atoms with Gasteiger partial charge in [0.25, 0.3) is 0 Å². The van der Waals surface area contributed by atoms with Gasteiger partial charge in [0.15, 0.2) is 0 Å². The fraction of sp³-hybridized carbons (Fsp3) is 0.667. The Bertz CT molecular complexity index is 559. The Balaban J connectivity index is 3.02. The largest absolute Gasteiger partial charge is 0.507 e. The molecule has 1 amide bonds. The number of hydrogen-bond donors (Lipinski definition) is 2. The van der Waals surface area contributed by atoms with E-state index in [0.29, 0.717) is 25.2 Å². The number of phenols is 1. The van der Waals surface area contributed by atoms with Crippen molar-refractivity contribution in [2.45, 2.75) is 78.2 Å². The van der Waals surface area contributed by atoms with Crippen LogP contribution in [0.2, 0.25) is 0 Å². The smallest absolute Gasteiger partial charge is 0.220 e. The molecule has 0 saturated carbocycles. The van der Waals surface area contributed by atoms with Crippen LogP contribution in [-0.4, -0.2) is 30.8 Å². The molecule has 142 valence electrons. The quantitative estimate of drug-likeness (QED) is 0.814. The first-order chi connectivity index (χ1) is 11.4. The van der Waals surface area contributed by atoms with E-state index in [9.17, 15) is 9.90 Å². The normalized spacial score (nSPS) is 13.6. The first kappa shape index (κ1) is 21.5. The highest BCUT2D eigenvalue weighted by molar-refractivity contribution is 5.76.